The quantitative estimate of drug-likeness (QED) is 0.846. The van der Waals surface area contributed by atoms with Gasteiger partial charge in [0.05, 0.1) is 17.7 Å². The van der Waals surface area contributed by atoms with Gasteiger partial charge in [-0.05, 0) is 30.9 Å². The molecule has 1 aliphatic carbocycles. The van der Waals surface area contributed by atoms with Crippen LogP contribution >= 0.6 is 11.8 Å². The van der Waals surface area contributed by atoms with Crippen LogP contribution in [0.2, 0.25) is 0 Å². The normalized spacial score (nSPS) is 20.7. The van der Waals surface area contributed by atoms with Gasteiger partial charge in [0.2, 0.25) is 5.91 Å². The average molecular weight is 272 g/mol. The van der Waals surface area contributed by atoms with Crippen molar-refractivity contribution in [3.63, 3.8) is 0 Å². The molecule has 1 atom stereocenters. The fourth-order valence-electron chi connectivity index (χ4n) is 2.53. The highest BCUT2D eigenvalue weighted by Gasteiger charge is 2.38. The first kappa shape index (κ1) is 12.6. The number of thioether (sulfide) groups is 1. The van der Waals surface area contributed by atoms with Gasteiger partial charge in [-0.15, -0.1) is 11.8 Å². The molecule has 1 unspecified atom stereocenters. The SMILES string of the molecule is N#CCCN(C(=O)C1Cc2ccccc2S1)C1CC1. The Morgan fingerprint density at radius 1 is 1.42 bits per heavy atom. The zero-order valence-corrected chi connectivity index (χ0v) is 11.5. The Labute approximate surface area is 117 Å². The maximum absolute atomic E-state index is 12.6. The predicted molar refractivity (Wildman–Crippen MR) is 74.8 cm³/mol. The summed E-state index contributed by atoms with van der Waals surface area (Å²) in [5.41, 5.74) is 1.28. The summed E-state index contributed by atoms with van der Waals surface area (Å²) in [6, 6.07) is 10.8. The monoisotopic (exact) mass is 272 g/mol. The Morgan fingerprint density at radius 3 is 2.89 bits per heavy atom. The number of rotatable bonds is 4. The second-order valence-electron chi connectivity index (χ2n) is 5.09. The van der Waals surface area contributed by atoms with Crippen molar-refractivity contribution in [3.05, 3.63) is 29.8 Å². The summed E-state index contributed by atoms with van der Waals surface area (Å²) in [6.07, 6.45) is 3.46. The molecule has 1 amide bonds. The van der Waals surface area contributed by atoms with Gasteiger partial charge >= 0.3 is 0 Å². The summed E-state index contributed by atoms with van der Waals surface area (Å²) >= 11 is 1.68. The Balaban J connectivity index is 1.69. The third kappa shape index (κ3) is 2.62. The van der Waals surface area contributed by atoms with Gasteiger partial charge in [-0.1, -0.05) is 18.2 Å². The van der Waals surface area contributed by atoms with Crippen LogP contribution in [0, 0.1) is 11.3 Å². The molecule has 3 nitrogen and oxygen atoms in total. The molecule has 4 heteroatoms. The molecule has 1 aliphatic heterocycles. The molecule has 0 spiro atoms. The van der Waals surface area contributed by atoms with Crippen molar-refractivity contribution in [1.82, 2.24) is 4.90 Å². The Bertz CT molecular complexity index is 508. The lowest BCUT2D eigenvalue weighted by atomic mass is 10.1. The van der Waals surface area contributed by atoms with Crippen LogP contribution in [0.15, 0.2) is 29.2 Å². The highest BCUT2D eigenvalue weighted by molar-refractivity contribution is 8.01. The van der Waals surface area contributed by atoms with Crippen molar-refractivity contribution in [1.29, 1.82) is 5.26 Å². The molecule has 0 radical (unpaired) electrons. The minimum Gasteiger partial charge on any atom is -0.338 e. The second kappa shape index (κ2) is 5.26. The summed E-state index contributed by atoms with van der Waals surface area (Å²) < 4.78 is 0. The molecule has 1 heterocycles. The number of benzene rings is 1. The molecule has 98 valence electrons. The molecule has 0 saturated heterocycles. The molecule has 19 heavy (non-hydrogen) atoms. The van der Waals surface area contributed by atoms with Crippen LogP contribution in [0.3, 0.4) is 0 Å². The van der Waals surface area contributed by atoms with Crippen LogP contribution in [0.4, 0.5) is 0 Å². The third-order valence-electron chi connectivity index (χ3n) is 3.66. The van der Waals surface area contributed by atoms with E-state index in [-0.39, 0.29) is 11.2 Å². The molecule has 2 aliphatic rings. The minimum absolute atomic E-state index is 0.0108. The number of fused-ring (bicyclic) bond motifs is 1. The van der Waals surface area contributed by atoms with E-state index in [1.165, 1.54) is 10.5 Å². The lowest BCUT2D eigenvalue weighted by Crippen LogP contribution is -2.39. The standard InChI is InChI=1S/C15H16N2OS/c16-8-3-9-17(12-6-7-12)15(18)14-10-11-4-1-2-5-13(11)19-14/h1-2,4-5,12,14H,3,6-7,9-10H2. The van der Waals surface area contributed by atoms with E-state index in [2.05, 4.69) is 18.2 Å². The van der Waals surface area contributed by atoms with E-state index >= 15 is 0 Å². The van der Waals surface area contributed by atoms with Crippen molar-refractivity contribution in [2.75, 3.05) is 6.54 Å². The summed E-state index contributed by atoms with van der Waals surface area (Å²) in [5.74, 6) is 0.221. The number of nitriles is 1. The van der Waals surface area contributed by atoms with Crippen molar-refractivity contribution in [3.8, 4) is 6.07 Å². The van der Waals surface area contributed by atoms with Gasteiger partial charge in [-0.25, -0.2) is 0 Å². The number of nitrogens with zero attached hydrogens (tertiary/aromatic N) is 2. The Morgan fingerprint density at radius 2 is 2.21 bits per heavy atom. The van der Waals surface area contributed by atoms with Gasteiger partial charge in [0, 0.05) is 17.5 Å². The van der Waals surface area contributed by atoms with E-state index in [1.807, 2.05) is 17.0 Å². The van der Waals surface area contributed by atoms with Crippen LogP contribution in [0.1, 0.15) is 24.8 Å². The lowest BCUT2D eigenvalue weighted by molar-refractivity contribution is -0.131. The smallest absolute Gasteiger partial charge is 0.236 e. The molecule has 1 aromatic rings. The minimum atomic E-state index is 0.0108. The third-order valence-corrected chi connectivity index (χ3v) is 4.96. The molecule has 1 saturated carbocycles. The topological polar surface area (TPSA) is 44.1 Å². The largest absolute Gasteiger partial charge is 0.338 e. The number of hydrogen-bond donors (Lipinski definition) is 0. The van der Waals surface area contributed by atoms with Crippen LogP contribution in [-0.4, -0.2) is 28.6 Å². The molecule has 0 N–H and O–H groups in total. The molecule has 1 aromatic carbocycles. The van der Waals surface area contributed by atoms with Crippen LogP contribution in [0.25, 0.3) is 0 Å². The van der Waals surface area contributed by atoms with E-state index in [4.69, 9.17) is 5.26 Å². The van der Waals surface area contributed by atoms with Gasteiger partial charge in [0.1, 0.15) is 0 Å². The van der Waals surface area contributed by atoms with E-state index in [1.54, 1.807) is 11.8 Å². The molecule has 0 aromatic heterocycles. The summed E-state index contributed by atoms with van der Waals surface area (Å²) in [4.78, 5) is 15.8. The van der Waals surface area contributed by atoms with Gasteiger partial charge in [-0.2, -0.15) is 5.26 Å². The molecule has 1 fully saturated rings. The van der Waals surface area contributed by atoms with E-state index in [0.717, 1.165) is 19.3 Å². The van der Waals surface area contributed by atoms with Crippen molar-refractivity contribution >= 4 is 17.7 Å². The van der Waals surface area contributed by atoms with Gasteiger partial charge in [-0.3, -0.25) is 4.79 Å². The first-order chi connectivity index (χ1) is 9.29. The Kier molecular flexibility index (Phi) is 3.48. The van der Waals surface area contributed by atoms with Crippen molar-refractivity contribution in [2.45, 2.75) is 41.9 Å². The highest BCUT2D eigenvalue weighted by Crippen LogP contribution is 2.39. The average Bonchev–Trinajstić information content (AvgIpc) is 3.17. The maximum Gasteiger partial charge on any atom is 0.236 e. The molecular formula is C15H16N2OS. The summed E-state index contributed by atoms with van der Waals surface area (Å²) in [7, 11) is 0. The van der Waals surface area contributed by atoms with Gasteiger partial charge in [0.25, 0.3) is 0 Å². The van der Waals surface area contributed by atoms with Crippen LogP contribution < -0.4 is 0 Å². The number of hydrogen-bond acceptors (Lipinski definition) is 3. The van der Waals surface area contributed by atoms with Crippen molar-refractivity contribution in [2.24, 2.45) is 0 Å². The van der Waals surface area contributed by atoms with Crippen molar-refractivity contribution < 1.29 is 4.79 Å². The maximum atomic E-state index is 12.6. The van der Waals surface area contributed by atoms with E-state index in [0.29, 0.717) is 19.0 Å². The molecular weight excluding hydrogens is 256 g/mol. The lowest BCUT2D eigenvalue weighted by Gasteiger charge is -2.24. The van der Waals surface area contributed by atoms with E-state index < -0.39 is 0 Å². The van der Waals surface area contributed by atoms with Gasteiger partial charge in [0.15, 0.2) is 0 Å². The first-order valence-corrected chi connectivity index (χ1v) is 7.59. The highest BCUT2D eigenvalue weighted by atomic mass is 32.2. The summed E-state index contributed by atoms with van der Waals surface area (Å²) in [5, 5.41) is 8.72. The second-order valence-corrected chi connectivity index (χ2v) is 6.33. The number of carbonyl (C=O) groups is 1. The van der Waals surface area contributed by atoms with Gasteiger partial charge < -0.3 is 4.90 Å². The predicted octanol–water partition coefficient (Wildman–Crippen LogP) is 2.61. The summed E-state index contributed by atoms with van der Waals surface area (Å²) in [6.45, 7) is 0.591. The Hall–Kier alpha value is -1.47. The zero-order valence-electron chi connectivity index (χ0n) is 10.7. The molecule has 3 rings (SSSR count). The van der Waals surface area contributed by atoms with E-state index in [9.17, 15) is 4.79 Å². The first-order valence-electron chi connectivity index (χ1n) is 6.71. The van der Waals surface area contributed by atoms with Crippen LogP contribution in [0.5, 0.6) is 0 Å². The number of carbonyl (C=O) groups excluding carboxylic acids is 1. The molecule has 0 bridgehead atoms. The zero-order chi connectivity index (χ0) is 13.2. The fourth-order valence-corrected chi connectivity index (χ4v) is 3.80. The number of amides is 1. The van der Waals surface area contributed by atoms with Crippen LogP contribution in [-0.2, 0) is 11.2 Å². The fraction of sp³-hybridized carbons (Fsp3) is 0.467.